The zero-order valence-corrected chi connectivity index (χ0v) is 13.5. The Morgan fingerprint density at radius 2 is 1.90 bits per heavy atom. The molecule has 0 radical (unpaired) electrons. The van der Waals surface area contributed by atoms with Crippen molar-refractivity contribution in [2.24, 2.45) is 0 Å². The highest BCUT2D eigenvalue weighted by Crippen LogP contribution is 2.33. The van der Waals surface area contributed by atoms with Crippen LogP contribution in [-0.2, 0) is 6.42 Å². The first kappa shape index (κ1) is 13.7. The minimum atomic E-state index is 0.265. The molecule has 0 amide bonds. The number of benzene rings is 1. The zero-order chi connectivity index (χ0) is 13.9. The summed E-state index contributed by atoms with van der Waals surface area (Å²) < 4.78 is 0.856. The number of rotatable bonds is 3. The smallest absolute Gasteiger partial charge is 0.222 e. The van der Waals surface area contributed by atoms with Crippen LogP contribution >= 0.6 is 38.9 Å². The molecular weight excluding hydrogens is 356 g/mol. The molecule has 2 nitrogen and oxygen atoms in total. The maximum atomic E-state index is 5.86. The van der Waals surface area contributed by atoms with Crippen LogP contribution in [0.25, 0.3) is 10.6 Å². The molecule has 1 aromatic carbocycles. The number of hydrogen-bond acceptors (Lipinski definition) is 3. The quantitative estimate of drug-likeness (QED) is 0.595. The second kappa shape index (κ2) is 6.04. The average molecular weight is 366 g/mol. The van der Waals surface area contributed by atoms with Crippen LogP contribution in [0.5, 0.6) is 0 Å². The molecule has 2 heterocycles. The fourth-order valence-electron chi connectivity index (χ4n) is 1.92. The Hall–Kier alpha value is -1.23. The van der Waals surface area contributed by atoms with E-state index in [9.17, 15) is 0 Å². The largest absolute Gasteiger partial charge is 0.225 e. The van der Waals surface area contributed by atoms with E-state index in [2.05, 4.69) is 62.3 Å². The van der Waals surface area contributed by atoms with E-state index in [4.69, 9.17) is 11.6 Å². The lowest BCUT2D eigenvalue weighted by Gasteiger charge is -2.00. The van der Waals surface area contributed by atoms with Crippen LogP contribution in [0.15, 0.2) is 53.1 Å². The molecule has 0 fully saturated rings. The summed E-state index contributed by atoms with van der Waals surface area (Å²) in [5.74, 6) is 0. The summed E-state index contributed by atoms with van der Waals surface area (Å²) in [6, 6.07) is 14.6. The molecule has 3 aromatic rings. The second-order valence-electron chi connectivity index (χ2n) is 4.26. The molecule has 0 saturated heterocycles. The van der Waals surface area contributed by atoms with Crippen molar-refractivity contribution in [3.8, 4) is 10.6 Å². The van der Waals surface area contributed by atoms with Crippen molar-refractivity contribution in [1.82, 2.24) is 9.97 Å². The number of nitrogens with zero attached hydrogens (tertiary/aromatic N) is 2. The van der Waals surface area contributed by atoms with Gasteiger partial charge in [0.25, 0.3) is 0 Å². The summed E-state index contributed by atoms with van der Waals surface area (Å²) in [6.07, 6.45) is 2.61. The summed E-state index contributed by atoms with van der Waals surface area (Å²) >= 11 is 11.1. The molecule has 0 N–H and O–H groups in total. The van der Waals surface area contributed by atoms with Gasteiger partial charge in [0, 0.05) is 17.5 Å². The van der Waals surface area contributed by atoms with Gasteiger partial charge in [-0.25, -0.2) is 9.97 Å². The molecule has 0 aliphatic carbocycles. The Bertz CT molecular complexity index is 728. The second-order valence-corrected chi connectivity index (χ2v) is 6.62. The number of thiophene rings is 1. The lowest BCUT2D eigenvalue weighted by Crippen LogP contribution is -1.86. The van der Waals surface area contributed by atoms with E-state index < -0.39 is 0 Å². The van der Waals surface area contributed by atoms with Gasteiger partial charge in [-0.15, -0.1) is 11.3 Å². The van der Waals surface area contributed by atoms with Gasteiger partial charge in [-0.2, -0.15) is 0 Å². The van der Waals surface area contributed by atoms with Crippen molar-refractivity contribution in [3.05, 3.63) is 68.9 Å². The molecule has 20 heavy (non-hydrogen) atoms. The van der Waals surface area contributed by atoms with Crippen LogP contribution in [0, 0.1) is 0 Å². The predicted molar refractivity (Wildman–Crippen MR) is 87.3 cm³/mol. The molecule has 0 spiro atoms. The zero-order valence-electron chi connectivity index (χ0n) is 10.4. The van der Waals surface area contributed by atoms with Gasteiger partial charge in [0.15, 0.2) is 0 Å². The van der Waals surface area contributed by atoms with E-state index in [0.717, 1.165) is 21.5 Å². The third-order valence-corrected chi connectivity index (χ3v) is 4.69. The molecule has 3 rings (SSSR count). The normalized spacial score (nSPS) is 10.7. The number of hydrogen-bond donors (Lipinski definition) is 0. The standard InChI is InChI=1S/C15H10BrClN2S/c16-12-9-18-15(17)19-14(12)13-7-6-11(20-13)8-10-4-2-1-3-5-10/h1-7,9H,8H2. The molecule has 100 valence electrons. The highest BCUT2D eigenvalue weighted by Gasteiger charge is 2.10. The Kier molecular flexibility index (Phi) is 4.15. The van der Waals surface area contributed by atoms with E-state index >= 15 is 0 Å². The van der Waals surface area contributed by atoms with Gasteiger partial charge in [0.1, 0.15) is 0 Å². The van der Waals surface area contributed by atoms with Gasteiger partial charge in [0.05, 0.1) is 15.0 Å². The van der Waals surface area contributed by atoms with Crippen molar-refractivity contribution in [2.75, 3.05) is 0 Å². The topological polar surface area (TPSA) is 25.8 Å². The highest BCUT2D eigenvalue weighted by molar-refractivity contribution is 9.10. The van der Waals surface area contributed by atoms with Crippen LogP contribution < -0.4 is 0 Å². The fourth-order valence-corrected chi connectivity index (χ4v) is 3.63. The van der Waals surface area contributed by atoms with Crippen LogP contribution in [0.2, 0.25) is 5.28 Å². The van der Waals surface area contributed by atoms with Gasteiger partial charge in [0.2, 0.25) is 5.28 Å². The minimum absolute atomic E-state index is 0.265. The summed E-state index contributed by atoms with van der Waals surface area (Å²) in [5.41, 5.74) is 2.15. The predicted octanol–water partition coefficient (Wildman–Crippen LogP) is 5.21. The Balaban J connectivity index is 1.88. The van der Waals surface area contributed by atoms with Gasteiger partial charge < -0.3 is 0 Å². The maximum Gasteiger partial charge on any atom is 0.222 e. The SMILES string of the molecule is Clc1ncc(Br)c(-c2ccc(Cc3ccccc3)s2)n1. The summed E-state index contributed by atoms with van der Waals surface area (Å²) in [7, 11) is 0. The Morgan fingerprint density at radius 3 is 2.70 bits per heavy atom. The Labute approximate surface area is 134 Å². The average Bonchev–Trinajstić information content (AvgIpc) is 2.91. The molecular formula is C15H10BrClN2S. The lowest BCUT2D eigenvalue weighted by atomic mass is 10.1. The lowest BCUT2D eigenvalue weighted by molar-refractivity contribution is 1.16. The van der Waals surface area contributed by atoms with Gasteiger partial charge in [-0.1, -0.05) is 30.3 Å². The van der Waals surface area contributed by atoms with Crippen LogP contribution in [0.3, 0.4) is 0 Å². The third kappa shape index (κ3) is 3.08. The highest BCUT2D eigenvalue weighted by atomic mass is 79.9. The molecule has 0 aliphatic rings. The van der Waals surface area contributed by atoms with Crippen LogP contribution in [-0.4, -0.2) is 9.97 Å². The summed E-state index contributed by atoms with van der Waals surface area (Å²) in [5, 5.41) is 0.265. The molecule has 0 unspecified atom stereocenters. The van der Waals surface area contributed by atoms with E-state index in [1.807, 2.05) is 6.07 Å². The van der Waals surface area contributed by atoms with Crippen LogP contribution in [0.4, 0.5) is 0 Å². The molecule has 0 saturated carbocycles. The van der Waals surface area contributed by atoms with Crippen molar-refractivity contribution in [2.45, 2.75) is 6.42 Å². The van der Waals surface area contributed by atoms with Crippen LogP contribution in [0.1, 0.15) is 10.4 Å². The molecule has 2 aromatic heterocycles. The van der Waals surface area contributed by atoms with Crippen molar-refractivity contribution in [3.63, 3.8) is 0 Å². The van der Waals surface area contributed by atoms with Crippen molar-refractivity contribution < 1.29 is 0 Å². The van der Waals surface area contributed by atoms with Gasteiger partial charge in [-0.05, 0) is 45.2 Å². The Morgan fingerprint density at radius 1 is 1.10 bits per heavy atom. The minimum Gasteiger partial charge on any atom is -0.225 e. The van der Waals surface area contributed by atoms with E-state index in [0.29, 0.717) is 0 Å². The first-order valence-electron chi connectivity index (χ1n) is 6.03. The van der Waals surface area contributed by atoms with E-state index in [1.165, 1.54) is 10.4 Å². The molecule has 0 bridgehead atoms. The monoisotopic (exact) mass is 364 g/mol. The fraction of sp³-hybridized carbons (Fsp3) is 0.0667. The van der Waals surface area contributed by atoms with Gasteiger partial charge in [-0.3, -0.25) is 0 Å². The molecule has 0 aliphatic heterocycles. The maximum absolute atomic E-state index is 5.86. The first-order valence-corrected chi connectivity index (χ1v) is 8.02. The number of halogens is 2. The van der Waals surface area contributed by atoms with Crippen molar-refractivity contribution in [1.29, 1.82) is 0 Å². The van der Waals surface area contributed by atoms with E-state index in [-0.39, 0.29) is 5.28 Å². The number of aromatic nitrogens is 2. The third-order valence-electron chi connectivity index (χ3n) is 2.83. The molecule has 5 heteroatoms. The summed E-state index contributed by atoms with van der Waals surface area (Å²) in [6.45, 7) is 0. The van der Waals surface area contributed by atoms with E-state index in [1.54, 1.807) is 17.5 Å². The first-order chi connectivity index (χ1) is 9.72. The van der Waals surface area contributed by atoms with Crippen molar-refractivity contribution >= 4 is 38.9 Å². The summed E-state index contributed by atoms with van der Waals surface area (Å²) in [4.78, 5) is 10.6. The molecule has 0 atom stereocenters. The van der Waals surface area contributed by atoms with Gasteiger partial charge >= 0.3 is 0 Å².